The third-order valence-electron chi connectivity index (χ3n) is 3.36. The van der Waals surface area contributed by atoms with E-state index < -0.39 is 12.8 Å². The number of hydrogen-bond acceptors (Lipinski definition) is 3. The highest BCUT2D eigenvalue weighted by atomic mass is 19.1. The molecule has 0 bridgehead atoms. The van der Waals surface area contributed by atoms with Gasteiger partial charge in [-0.3, -0.25) is 0 Å². The molecule has 4 heteroatoms. The van der Waals surface area contributed by atoms with Crippen LogP contribution in [-0.2, 0) is 6.42 Å². The molecule has 3 nitrogen and oxygen atoms in total. The lowest BCUT2D eigenvalue weighted by Crippen LogP contribution is -2.16. The first-order valence-electron chi connectivity index (χ1n) is 7.89. The summed E-state index contributed by atoms with van der Waals surface area (Å²) >= 11 is 0. The Balaban J connectivity index is 1.87. The Bertz CT molecular complexity index is 566. The van der Waals surface area contributed by atoms with Crippen LogP contribution in [0.25, 0.3) is 0 Å². The quantitative estimate of drug-likeness (QED) is 0.765. The predicted molar refractivity (Wildman–Crippen MR) is 89.0 cm³/mol. The minimum absolute atomic E-state index is 0.130. The van der Waals surface area contributed by atoms with E-state index in [1.165, 1.54) is 5.56 Å². The van der Waals surface area contributed by atoms with Crippen LogP contribution in [0.15, 0.2) is 48.5 Å². The smallest absolute Gasteiger partial charge is 0.157 e. The summed E-state index contributed by atoms with van der Waals surface area (Å²) < 4.78 is 23.7. The normalized spacial score (nSPS) is 12.0. The van der Waals surface area contributed by atoms with E-state index in [0.717, 1.165) is 30.8 Å². The fraction of sp³-hybridized carbons (Fsp3) is 0.368. The number of rotatable bonds is 9. The van der Waals surface area contributed by atoms with E-state index in [1.807, 2.05) is 36.4 Å². The molecule has 1 unspecified atom stereocenters. The van der Waals surface area contributed by atoms with Crippen LogP contribution >= 0.6 is 0 Å². The van der Waals surface area contributed by atoms with Gasteiger partial charge < -0.3 is 14.6 Å². The Labute approximate surface area is 136 Å². The lowest BCUT2D eigenvalue weighted by atomic mass is 10.0. The van der Waals surface area contributed by atoms with E-state index in [-0.39, 0.29) is 6.61 Å². The van der Waals surface area contributed by atoms with Gasteiger partial charge in [0.05, 0.1) is 13.2 Å². The fourth-order valence-corrected chi connectivity index (χ4v) is 2.10. The summed E-state index contributed by atoms with van der Waals surface area (Å²) in [7, 11) is 0. The highest BCUT2D eigenvalue weighted by Crippen LogP contribution is 2.18. The molecule has 0 saturated heterocycles. The van der Waals surface area contributed by atoms with Crippen molar-refractivity contribution in [2.75, 3.05) is 19.8 Å². The molecule has 0 amide bonds. The second kappa shape index (κ2) is 9.16. The molecule has 2 rings (SSSR count). The first-order valence-corrected chi connectivity index (χ1v) is 7.89. The molecule has 124 valence electrons. The zero-order chi connectivity index (χ0) is 16.5. The number of benzene rings is 2. The molecule has 0 fully saturated rings. The minimum atomic E-state index is -1.34. The summed E-state index contributed by atoms with van der Waals surface area (Å²) in [4.78, 5) is 0. The molecule has 2 aromatic carbocycles. The molecule has 1 N–H and O–H groups in total. The van der Waals surface area contributed by atoms with Crippen LogP contribution in [0.2, 0.25) is 0 Å². The number of hydrogen-bond donors (Lipinski definition) is 1. The van der Waals surface area contributed by atoms with Crippen molar-refractivity contribution in [3.8, 4) is 11.5 Å². The van der Waals surface area contributed by atoms with Gasteiger partial charge in [-0.2, -0.15) is 0 Å². The van der Waals surface area contributed by atoms with Crippen LogP contribution in [0.4, 0.5) is 4.39 Å². The van der Waals surface area contributed by atoms with Crippen LogP contribution < -0.4 is 9.47 Å². The number of aliphatic hydroxyl groups is 1. The predicted octanol–water partition coefficient (Wildman–Crippen LogP) is 3.78. The Morgan fingerprint density at radius 2 is 1.43 bits per heavy atom. The van der Waals surface area contributed by atoms with Gasteiger partial charge in [0.2, 0.25) is 0 Å². The highest BCUT2D eigenvalue weighted by molar-refractivity contribution is 5.34. The molecule has 0 aliphatic heterocycles. The van der Waals surface area contributed by atoms with Crippen LogP contribution in [-0.4, -0.2) is 31.1 Å². The van der Waals surface area contributed by atoms with Gasteiger partial charge in [-0.25, -0.2) is 4.39 Å². The third kappa shape index (κ3) is 5.91. The van der Waals surface area contributed by atoms with Gasteiger partial charge in [0.15, 0.2) is 6.17 Å². The van der Waals surface area contributed by atoms with Gasteiger partial charge in [0.1, 0.15) is 18.1 Å². The van der Waals surface area contributed by atoms with Crippen molar-refractivity contribution in [3.63, 3.8) is 0 Å². The summed E-state index contributed by atoms with van der Waals surface area (Å²) in [6.07, 6.45) is 0.469. The Hall–Kier alpha value is -2.07. The SMILES string of the molecule is CCCOc1ccc(Cc2ccc(OCC(F)CO)cc2)cc1. The number of alkyl halides is 1. The summed E-state index contributed by atoms with van der Waals surface area (Å²) in [5, 5.41) is 8.62. The molecule has 0 spiro atoms. The standard InChI is InChI=1S/C19H23FO3/c1-2-11-22-18-7-3-15(4-8-18)12-16-5-9-19(10-6-16)23-14-17(20)13-21/h3-10,17,21H,2,11-14H2,1H3. The van der Waals surface area contributed by atoms with E-state index in [4.69, 9.17) is 14.6 Å². The first-order chi connectivity index (χ1) is 11.2. The molecular weight excluding hydrogens is 295 g/mol. The maximum Gasteiger partial charge on any atom is 0.157 e. The maximum absolute atomic E-state index is 12.9. The van der Waals surface area contributed by atoms with Crippen LogP contribution in [0.1, 0.15) is 24.5 Å². The van der Waals surface area contributed by atoms with Gasteiger partial charge in [0.25, 0.3) is 0 Å². The average Bonchev–Trinajstić information content (AvgIpc) is 2.60. The van der Waals surface area contributed by atoms with Crippen molar-refractivity contribution in [1.29, 1.82) is 0 Å². The van der Waals surface area contributed by atoms with Crippen molar-refractivity contribution in [2.45, 2.75) is 25.9 Å². The zero-order valence-corrected chi connectivity index (χ0v) is 13.4. The van der Waals surface area contributed by atoms with Gasteiger partial charge in [-0.15, -0.1) is 0 Å². The van der Waals surface area contributed by atoms with E-state index in [2.05, 4.69) is 19.1 Å². The molecule has 2 aromatic rings. The molecule has 0 aliphatic carbocycles. The van der Waals surface area contributed by atoms with E-state index in [0.29, 0.717) is 5.75 Å². The van der Waals surface area contributed by atoms with Crippen molar-refractivity contribution < 1.29 is 19.0 Å². The van der Waals surface area contributed by atoms with Crippen molar-refractivity contribution in [2.24, 2.45) is 0 Å². The summed E-state index contributed by atoms with van der Waals surface area (Å²) in [5.41, 5.74) is 2.35. The average molecular weight is 318 g/mol. The van der Waals surface area contributed by atoms with E-state index in [9.17, 15) is 4.39 Å². The zero-order valence-electron chi connectivity index (χ0n) is 13.4. The lowest BCUT2D eigenvalue weighted by Gasteiger charge is -2.09. The molecule has 23 heavy (non-hydrogen) atoms. The van der Waals surface area contributed by atoms with E-state index >= 15 is 0 Å². The van der Waals surface area contributed by atoms with Gasteiger partial charge in [0, 0.05) is 0 Å². The van der Waals surface area contributed by atoms with Gasteiger partial charge in [-0.05, 0) is 48.2 Å². The topological polar surface area (TPSA) is 38.7 Å². The van der Waals surface area contributed by atoms with Crippen molar-refractivity contribution >= 4 is 0 Å². The molecule has 0 radical (unpaired) electrons. The third-order valence-corrected chi connectivity index (χ3v) is 3.36. The van der Waals surface area contributed by atoms with Crippen molar-refractivity contribution in [1.82, 2.24) is 0 Å². The van der Waals surface area contributed by atoms with Crippen LogP contribution in [0, 0.1) is 0 Å². The maximum atomic E-state index is 12.9. The highest BCUT2D eigenvalue weighted by Gasteiger charge is 2.05. The second-order valence-corrected chi connectivity index (χ2v) is 5.40. The minimum Gasteiger partial charge on any atom is -0.494 e. The molecule has 0 aromatic heterocycles. The lowest BCUT2D eigenvalue weighted by molar-refractivity contribution is 0.123. The number of aliphatic hydroxyl groups excluding tert-OH is 1. The second-order valence-electron chi connectivity index (χ2n) is 5.40. The number of ether oxygens (including phenoxy) is 2. The molecular formula is C19H23FO3. The Morgan fingerprint density at radius 1 is 0.913 bits per heavy atom. The largest absolute Gasteiger partial charge is 0.494 e. The number of halogens is 1. The van der Waals surface area contributed by atoms with Gasteiger partial charge in [-0.1, -0.05) is 31.2 Å². The van der Waals surface area contributed by atoms with E-state index in [1.54, 1.807) is 0 Å². The monoisotopic (exact) mass is 318 g/mol. The Kier molecular flexibility index (Phi) is 6.88. The van der Waals surface area contributed by atoms with Crippen molar-refractivity contribution in [3.05, 3.63) is 59.7 Å². The van der Waals surface area contributed by atoms with Crippen LogP contribution in [0.5, 0.6) is 11.5 Å². The fourth-order valence-electron chi connectivity index (χ4n) is 2.10. The van der Waals surface area contributed by atoms with Crippen LogP contribution in [0.3, 0.4) is 0 Å². The summed E-state index contributed by atoms with van der Waals surface area (Å²) in [6.45, 7) is 2.17. The first kappa shape index (κ1) is 17.3. The molecule has 1 atom stereocenters. The molecule has 0 heterocycles. The summed E-state index contributed by atoms with van der Waals surface area (Å²) in [5.74, 6) is 1.50. The molecule has 0 aliphatic rings. The molecule has 0 saturated carbocycles. The van der Waals surface area contributed by atoms with Gasteiger partial charge >= 0.3 is 0 Å². The Morgan fingerprint density at radius 3 is 1.91 bits per heavy atom. The summed E-state index contributed by atoms with van der Waals surface area (Å²) in [6, 6.07) is 15.6.